The topological polar surface area (TPSA) is 81.3 Å². The standard InChI is InChI=1S/C27H25FN4O3/c1-18-24(31-35-30-18)17-34-26-13-3-2-10-22(26)27(33)32-14-6-12-25(32)23-11-5-9-21(29-23)16-19-7-4-8-20(28)15-19/h2-5,7-11,13,15,25H,6,12,14,16-17H2,1H3. The molecule has 5 rings (SSSR count). The number of aromatic nitrogens is 3. The molecule has 35 heavy (non-hydrogen) atoms. The van der Waals surface area contributed by atoms with Crippen LogP contribution in [0.4, 0.5) is 4.39 Å². The van der Waals surface area contributed by atoms with Gasteiger partial charge in [-0.25, -0.2) is 9.02 Å². The van der Waals surface area contributed by atoms with Crippen LogP contribution in [0.15, 0.2) is 71.4 Å². The summed E-state index contributed by atoms with van der Waals surface area (Å²) in [5.41, 5.74) is 4.27. The number of amides is 1. The van der Waals surface area contributed by atoms with Crippen LogP contribution < -0.4 is 4.74 Å². The minimum atomic E-state index is -0.262. The monoisotopic (exact) mass is 472 g/mol. The van der Waals surface area contributed by atoms with Crippen LogP contribution in [0.3, 0.4) is 0 Å². The van der Waals surface area contributed by atoms with Gasteiger partial charge in [0.1, 0.15) is 29.6 Å². The van der Waals surface area contributed by atoms with Crippen molar-refractivity contribution in [2.45, 2.75) is 38.8 Å². The minimum Gasteiger partial charge on any atom is -0.486 e. The van der Waals surface area contributed by atoms with E-state index in [0.717, 1.165) is 29.8 Å². The van der Waals surface area contributed by atoms with Crippen LogP contribution in [0.2, 0.25) is 0 Å². The van der Waals surface area contributed by atoms with Crippen molar-refractivity contribution < 1.29 is 18.6 Å². The molecule has 0 aliphatic carbocycles. The molecular weight excluding hydrogens is 447 g/mol. The number of nitrogens with zero attached hydrogens (tertiary/aromatic N) is 4. The maximum atomic E-state index is 13.6. The zero-order valence-electron chi connectivity index (χ0n) is 19.4. The molecule has 1 unspecified atom stereocenters. The fraction of sp³-hybridized carbons (Fsp3) is 0.259. The summed E-state index contributed by atoms with van der Waals surface area (Å²) in [5, 5.41) is 7.61. The summed E-state index contributed by atoms with van der Waals surface area (Å²) in [6.45, 7) is 2.59. The van der Waals surface area contributed by atoms with Crippen molar-refractivity contribution in [2.24, 2.45) is 0 Å². The van der Waals surface area contributed by atoms with E-state index in [4.69, 9.17) is 14.3 Å². The number of rotatable bonds is 7. The molecule has 3 heterocycles. The Hall–Kier alpha value is -4.07. The maximum absolute atomic E-state index is 13.6. The van der Waals surface area contributed by atoms with E-state index in [9.17, 15) is 9.18 Å². The van der Waals surface area contributed by atoms with E-state index in [1.807, 2.05) is 41.3 Å². The highest BCUT2D eigenvalue weighted by Gasteiger charge is 2.33. The molecule has 1 fully saturated rings. The van der Waals surface area contributed by atoms with Crippen molar-refractivity contribution in [1.29, 1.82) is 0 Å². The number of carbonyl (C=O) groups excluding carboxylic acids is 1. The molecule has 1 atom stereocenters. The number of hydrogen-bond donors (Lipinski definition) is 0. The average Bonchev–Trinajstić information content (AvgIpc) is 3.52. The highest BCUT2D eigenvalue weighted by molar-refractivity contribution is 5.97. The predicted molar refractivity (Wildman–Crippen MR) is 126 cm³/mol. The summed E-state index contributed by atoms with van der Waals surface area (Å²) in [4.78, 5) is 20.3. The lowest BCUT2D eigenvalue weighted by Gasteiger charge is -2.25. The molecule has 7 nitrogen and oxygen atoms in total. The average molecular weight is 473 g/mol. The lowest BCUT2D eigenvalue weighted by molar-refractivity contribution is 0.0727. The lowest BCUT2D eigenvalue weighted by atomic mass is 10.1. The SMILES string of the molecule is Cc1nonc1COc1ccccc1C(=O)N1CCCC1c1cccc(Cc2cccc(F)c2)n1. The fourth-order valence-electron chi connectivity index (χ4n) is 4.41. The number of aryl methyl sites for hydroxylation is 1. The molecule has 1 amide bonds. The van der Waals surface area contributed by atoms with Crippen molar-refractivity contribution in [2.75, 3.05) is 6.54 Å². The lowest BCUT2D eigenvalue weighted by Crippen LogP contribution is -2.31. The number of carbonyl (C=O) groups is 1. The highest BCUT2D eigenvalue weighted by atomic mass is 19.1. The van der Waals surface area contributed by atoms with Gasteiger partial charge in [-0.15, -0.1) is 0 Å². The molecule has 8 heteroatoms. The Morgan fingerprint density at radius 3 is 2.80 bits per heavy atom. The number of benzene rings is 2. The van der Waals surface area contributed by atoms with Crippen LogP contribution in [-0.2, 0) is 13.0 Å². The Kier molecular flexibility index (Phi) is 6.52. The van der Waals surface area contributed by atoms with Crippen molar-refractivity contribution in [1.82, 2.24) is 20.2 Å². The number of para-hydroxylation sites is 1. The molecule has 1 aliphatic heterocycles. The Bertz CT molecular complexity index is 1340. The van der Waals surface area contributed by atoms with Gasteiger partial charge in [0.15, 0.2) is 0 Å². The fourth-order valence-corrected chi connectivity index (χ4v) is 4.41. The first kappa shape index (κ1) is 22.7. The smallest absolute Gasteiger partial charge is 0.258 e. The number of halogens is 1. The maximum Gasteiger partial charge on any atom is 0.258 e. The van der Waals surface area contributed by atoms with Gasteiger partial charge in [-0.05, 0) is 61.7 Å². The third-order valence-electron chi connectivity index (χ3n) is 6.19. The summed E-state index contributed by atoms with van der Waals surface area (Å²) < 4.78 is 24.2. The van der Waals surface area contributed by atoms with Crippen LogP contribution in [0, 0.1) is 12.7 Å². The molecule has 0 radical (unpaired) electrons. The Morgan fingerprint density at radius 2 is 1.97 bits per heavy atom. The first-order valence-electron chi connectivity index (χ1n) is 11.6. The summed E-state index contributed by atoms with van der Waals surface area (Å²) in [6.07, 6.45) is 2.24. The van der Waals surface area contributed by atoms with Crippen LogP contribution in [0.25, 0.3) is 0 Å². The zero-order chi connectivity index (χ0) is 24.2. The van der Waals surface area contributed by atoms with Gasteiger partial charge in [0.2, 0.25) is 0 Å². The first-order valence-corrected chi connectivity index (χ1v) is 11.6. The highest BCUT2D eigenvalue weighted by Crippen LogP contribution is 2.34. The van der Waals surface area contributed by atoms with E-state index in [2.05, 4.69) is 10.3 Å². The molecule has 0 N–H and O–H groups in total. The van der Waals surface area contributed by atoms with E-state index in [1.165, 1.54) is 12.1 Å². The summed E-state index contributed by atoms with van der Waals surface area (Å²) in [5.74, 6) is 0.121. The van der Waals surface area contributed by atoms with Crippen molar-refractivity contribution in [3.05, 3.63) is 106 Å². The molecule has 2 aromatic heterocycles. The Morgan fingerprint density at radius 1 is 1.11 bits per heavy atom. The van der Waals surface area contributed by atoms with Gasteiger partial charge in [-0.1, -0.05) is 40.6 Å². The zero-order valence-corrected chi connectivity index (χ0v) is 19.4. The van der Waals surface area contributed by atoms with E-state index < -0.39 is 0 Å². The third kappa shape index (κ3) is 5.06. The molecule has 2 aromatic carbocycles. The minimum absolute atomic E-state index is 0.101. The molecule has 1 saturated heterocycles. The second-order valence-corrected chi connectivity index (χ2v) is 8.60. The van der Waals surface area contributed by atoms with E-state index in [0.29, 0.717) is 35.7 Å². The van der Waals surface area contributed by atoms with Gasteiger partial charge >= 0.3 is 0 Å². The van der Waals surface area contributed by atoms with E-state index in [-0.39, 0.29) is 24.4 Å². The van der Waals surface area contributed by atoms with Crippen LogP contribution in [0.5, 0.6) is 5.75 Å². The third-order valence-corrected chi connectivity index (χ3v) is 6.19. The normalized spacial score (nSPS) is 15.4. The summed E-state index contributed by atoms with van der Waals surface area (Å²) >= 11 is 0. The molecule has 4 aromatic rings. The second-order valence-electron chi connectivity index (χ2n) is 8.60. The number of pyridine rings is 1. The van der Waals surface area contributed by atoms with E-state index in [1.54, 1.807) is 25.1 Å². The molecule has 178 valence electrons. The molecule has 1 aliphatic rings. The summed E-state index contributed by atoms with van der Waals surface area (Å²) in [7, 11) is 0. The second kappa shape index (κ2) is 10.0. The number of hydrogen-bond acceptors (Lipinski definition) is 6. The van der Waals surface area contributed by atoms with Crippen molar-refractivity contribution in [3.8, 4) is 5.75 Å². The Labute approximate surface area is 202 Å². The van der Waals surface area contributed by atoms with Gasteiger partial charge in [0.25, 0.3) is 5.91 Å². The van der Waals surface area contributed by atoms with Crippen LogP contribution in [0.1, 0.15) is 57.6 Å². The van der Waals surface area contributed by atoms with Gasteiger partial charge < -0.3 is 9.64 Å². The van der Waals surface area contributed by atoms with Crippen molar-refractivity contribution in [3.63, 3.8) is 0 Å². The largest absolute Gasteiger partial charge is 0.486 e. The molecule has 0 saturated carbocycles. The molecular formula is C27H25FN4O3. The van der Waals surface area contributed by atoms with Crippen LogP contribution in [-0.4, -0.2) is 32.6 Å². The van der Waals surface area contributed by atoms with Gasteiger partial charge in [-0.3, -0.25) is 9.78 Å². The molecule has 0 spiro atoms. The van der Waals surface area contributed by atoms with Gasteiger partial charge in [0, 0.05) is 18.7 Å². The summed E-state index contributed by atoms with van der Waals surface area (Å²) in [6, 6.07) is 19.4. The van der Waals surface area contributed by atoms with E-state index >= 15 is 0 Å². The van der Waals surface area contributed by atoms with Gasteiger partial charge in [-0.2, -0.15) is 0 Å². The predicted octanol–water partition coefficient (Wildman–Crippen LogP) is 5.06. The quantitative estimate of drug-likeness (QED) is 0.374. The number of likely N-dealkylation sites (tertiary alicyclic amines) is 1. The van der Waals surface area contributed by atoms with Crippen LogP contribution >= 0.6 is 0 Å². The first-order chi connectivity index (χ1) is 17.1. The Balaban J connectivity index is 1.35. The molecule has 0 bridgehead atoms. The van der Waals surface area contributed by atoms with Gasteiger partial charge in [0.05, 0.1) is 17.3 Å². The van der Waals surface area contributed by atoms with Crippen molar-refractivity contribution >= 4 is 5.91 Å². The number of ether oxygens (including phenoxy) is 1.